The summed E-state index contributed by atoms with van der Waals surface area (Å²) in [4.78, 5) is 4.37. The normalized spacial score (nSPS) is 10.9. The van der Waals surface area contributed by atoms with Gasteiger partial charge in [-0.3, -0.25) is 0 Å². The standard InChI is InChI=1S/C19H25N3O2.HI/c1-14-4-7-17(12-15(14)2)22-19(20)21-13-16-5-8-18(9-6-16)24-11-10-23-3;/h4-9,12H,10-11,13H2,1-3H3,(H3,20,21,22);1H. The van der Waals surface area contributed by atoms with Gasteiger partial charge in [0.1, 0.15) is 12.4 Å². The van der Waals surface area contributed by atoms with Crippen LogP contribution in [0.25, 0.3) is 0 Å². The molecule has 0 aromatic heterocycles. The average molecular weight is 455 g/mol. The number of guanidine groups is 1. The summed E-state index contributed by atoms with van der Waals surface area (Å²) in [6.45, 7) is 5.79. The maximum absolute atomic E-state index is 5.95. The molecule has 2 aromatic rings. The molecule has 3 N–H and O–H groups in total. The van der Waals surface area contributed by atoms with Crippen LogP contribution >= 0.6 is 24.0 Å². The minimum absolute atomic E-state index is 0. The molecule has 0 aliphatic rings. The lowest BCUT2D eigenvalue weighted by atomic mass is 10.1. The van der Waals surface area contributed by atoms with Crippen molar-refractivity contribution in [1.82, 2.24) is 0 Å². The predicted octanol–water partition coefficient (Wildman–Crippen LogP) is 3.87. The third kappa shape index (κ3) is 7.31. The van der Waals surface area contributed by atoms with Crippen LogP contribution in [0.2, 0.25) is 0 Å². The number of nitrogens with one attached hydrogen (secondary N) is 1. The molecule has 2 aromatic carbocycles. The number of anilines is 1. The Hall–Kier alpha value is -1.80. The zero-order valence-corrected chi connectivity index (χ0v) is 17.2. The highest BCUT2D eigenvalue weighted by atomic mass is 127. The maximum atomic E-state index is 5.95. The number of hydrogen-bond acceptors (Lipinski definition) is 3. The van der Waals surface area contributed by atoms with Crippen LogP contribution in [0, 0.1) is 13.8 Å². The van der Waals surface area contributed by atoms with Gasteiger partial charge in [0.05, 0.1) is 13.2 Å². The average Bonchev–Trinajstić information content (AvgIpc) is 2.58. The molecule has 136 valence electrons. The van der Waals surface area contributed by atoms with Gasteiger partial charge in [-0.1, -0.05) is 18.2 Å². The summed E-state index contributed by atoms with van der Waals surface area (Å²) in [6, 6.07) is 13.9. The van der Waals surface area contributed by atoms with E-state index in [0.29, 0.717) is 25.7 Å². The highest BCUT2D eigenvalue weighted by Crippen LogP contribution is 2.15. The van der Waals surface area contributed by atoms with Crippen molar-refractivity contribution in [3.8, 4) is 5.75 Å². The van der Waals surface area contributed by atoms with Gasteiger partial charge < -0.3 is 20.5 Å². The fourth-order valence-electron chi connectivity index (χ4n) is 2.12. The van der Waals surface area contributed by atoms with Gasteiger partial charge in [-0.05, 0) is 54.8 Å². The van der Waals surface area contributed by atoms with Crippen LogP contribution in [0.5, 0.6) is 5.75 Å². The van der Waals surface area contributed by atoms with E-state index in [9.17, 15) is 0 Å². The summed E-state index contributed by atoms with van der Waals surface area (Å²) >= 11 is 0. The van der Waals surface area contributed by atoms with Crippen LogP contribution < -0.4 is 15.8 Å². The number of ether oxygens (including phenoxy) is 2. The van der Waals surface area contributed by atoms with E-state index in [-0.39, 0.29) is 24.0 Å². The van der Waals surface area contributed by atoms with E-state index in [2.05, 4.69) is 36.3 Å². The van der Waals surface area contributed by atoms with Crippen molar-refractivity contribution in [1.29, 1.82) is 0 Å². The minimum Gasteiger partial charge on any atom is -0.491 e. The van der Waals surface area contributed by atoms with Gasteiger partial charge in [0.15, 0.2) is 5.96 Å². The summed E-state index contributed by atoms with van der Waals surface area (Å²) in [5.41, 5.74) is 10.4. The highest BCUT2D eigenvalue weighted by molar-refractivity contribution is 14.0. The third-order valence-electron chi connectivity index (χ3n) is 3.69. The summed E-state index contributed by atoms with van der Waals surface area (Å²) in [5, 5.41) is 3.12. The van der Waals surface area contributed by atoms with Gasteiger partial charge in [-0.2, -0.15) is 0 Å². The first-order valence-electron chi connectivity index (χ1n) is 7.93. The Bertz CT molecular complexity index is 688. The molecular formula is C19H26IN3O2. The molecule has 0 atom stereocenters. The molecule has 0 amide bonds. The molecule has 0 fully saturated rings. The van der Waals surface area contributed by atoms with Crippen LogP contribution in [0.3, 0.4) is 0 Å². The number of hydrogen-bond donors (Lipinski definition) is 2. The van der Waals surface area contributed by atoms with Crippen LogP contribution in [-0.4, -0.2) is 26.3 Å². The number of halogens is 1. The zero-order valence-electron chi connectivity index (χ0n) is 14.9. The van der Waals surface area contributed by atoms with Crippen LogP contribution in [-0.2, 0) is 11.3 Å². The molecule has 2 rings (SSSR count). The molecule has 0 unspecified atom stereocenters. The first-order chi connectivity index (χ1) is 11.6. The van der Waals surface area contributed by atoms with Gasteiger partial charge >= 0.3 is 0 Å². The number of nitrogens with zero attached hydrogens (tertiary/aromatic N) is 1. The van der Waals surface area contributed by atoms with Crippen molar-refractivity contribution >= 4 is 35.6 Å². The van der Waals surface area contributed by atoms with Gasteiger partial charge in [-0.25, -0.2) is 4.99 Å². The van der Waals surface area contributed by atoms with E-state index in [1.807, 2.05) is 30.3 Å². The lowest BCUT2D eigenvalue weighted by Crippen LogP contribution is -2.22. The van der Waals surface area contributed by atoms with E-state index in [1.165, 1.54) is 11.1 Å². The predicted molar refractivity (Wildman–Crippen MR) is 114 cm³/mol. The Labute approximate surface area is 166 Å². The summed E-state index contributed by atoms with van der Waals surface area (Å²) in [7, 11) is 1.65. The Kier molecular flexibility index (Phi) is 9.30. The number of rotatable bonds is 7. The number of benzene rings is 2. The van der Waals surface area contributed by atoms with Crippen molar-refractivity contribution in [2.45, 2.75) is 20.4 Å². The Balaban J connectivity index is 0.00000312. The molecule has 25 heavy (non-hydrogen) atoms. The molecule has 5 nitrogen and oxygen atoms in total. The van der Waals surface area contributed by atoms with Crippen LogP contribution in [0.15, 0.2) is 47.5 Å². The SMILES string of the molecule is COCCOc1ccc(CN=C(N)Nc2ccc(C)c(C)c2)cc1.I. The summed E-state index contributed by atoms with van der Waals surface area (Å²) in [5.74, 6) is 1.22. The molecule has 0 aliphatic heterocycles. The van der Waals surface area contributed by atoms with Crippen LogP contribution in [0.4, 0.5) is 5.69 Å². The molecule has 0 radical (unpaired) electrons. The van der Waals surface area contributed by atoms with Gasteiger partial charge in [0.2, 0.25) is 0 Å². The molecule has 0 bridgehead atoms. The monoisotopic (exact) mass is 455 g/mol. The first-order valence-corrected chi connectivity index (χ1v) is 7.93. The van der Waals surface area contributed by atoms with E-state index in [0.717, 1.165) is 17.0 Å². The van der Waals surface area contributed by atoms with E-state index < -0.39 is 0 Å². The maximum Gasteiger partial charge on any atom is 0.193 e. The lowest BCUT2D eigenvalue weighted by Gasteiger charge is -2.08. The van der Waals surface area contributed by atoms with Crippen LogP contribution in [0.1, 0.15) is 16.7 Å². The summed E-state index contributed by atoms with van der Waals surface area (Å²) < 4.78 is 10.5. The second kappa shape index (κ2) is 10.9. The second-order valence-electron chi connectivity index (χ2n) is 5.61. The highest BCUT2D eigenvalue weighted by Gasteiger charge is 1.99. The van der Waals surface area contributed by atoms with Gasteiger partial charge in [0.25, 0.3) is 0 Å². The number of nitrogens with two attached hydrogens (primary N) is 1. The zero-order chi connectivity index (χ0) is 17.4. The Morgan fingerprint density at radius 2 is 1.76 bits per heavy atom. The Morgan fingerprint density at radius 3 is 2.40 bits per heavy atom. The minimum atomic E-state index is 0. The van der Waals surface area contributed by atoms with Gasteiger partial charge in [-0.15, -0.1) is 24.0 Å². The number of aryl methyl sites for hydroxylation is 2. The molecular weight excluding hydrogens is 429 g/mol. The molecule has 0 heterocycles. The van der Waals surface area contributed by atoms with Crippen molar-refractivity contribution in [2.24, 2.45) is 10.7 Å². The number of aliphatic imine (C=N–C) groups is 1. The van der Waals surface area contributed by atoms with E-state index in [4.69, 9.17) is 15.2 Å². The molecule has 0 spiro atoms. The first kappa shape index (κ1) is 21.2. The third-order valence-corrected chi connectivity index (χ3v) is 3.69. The van der Waals surface area contributed by atoms with Crippen molar-refractivity contribution in [2.75, 3.05) is 25.6 Å². The fraction of sp³-hybridized carbons (Fsp3) is 0.316. The van der Waals surface area contributed by atoms with Crippen molar-refractivity contribution in [3.63, 3.8) is 0 Å². The summed E-state index contributed by atoms with van der Waals surface area (Å²) in [6.07, 6.45) is 0. The number of methoxy groups -OCH3 is 1. The molecule has 6 heteroatoms. The topological polar surface area (TPSA) is 68.9 Å². The quantitative estimate of drug-likeness (QED) is 0.288. The largest absolute Gasteiger partial charge is 0.491 e. The Morgan fingerprint density at radius 1 is 1.04 bits per heavy atom. The van der Waals surface area contributed by atoms with E-state index >= 15 is 0 Å². The lowest BCUT2D eigenvalue weighted by molar-refractivity contribution is 0.146. The second-order valence-corrected chi connectivity index (χ2v) is 5.61. The van der Waals surface area contributed by atoms with E-state index in [1.54, 1.807) is 7.11 Å². The smallest absolute Gasteiger partial charge is 0.193 e. The van der Waals surface area contributed by atoms with Crippen molar-refractivity contribution < 1.29 is 9.47 Å². The molecule has 0 saturated carbocycles. The molecule has 0 saturated heterocycles. The van der Waals surface area contributed by atoms with Gasteiger partial charge in [0, 0.05) is 12.8 Å². The van der Waals surface area contributed by atoms with Crippen molar-refractivity contribution in [3.05, 3.63) is 59.2 Å². The fourth-order valence-corrected chi connectivity index (χ4v) is 2.12. The molecule has 0 aliphatic carbocycles.